The van der Waals surface area contributed by atoms with Crippen LogP contribution < -0.4 is 10.6 Å². The van der Waals surface area contributed by atoms with Crippen molar-refractivity contribution < 1.29 is 0 Å². The molecule has 0 atom stereocenters. The van der Waals surface area contributed by atoms with Crippen molar-refractivity contribution >= 4 is 39.1 Å². The molecular weight excluding hydrogens is 446 g/mol. The molecule has 1 saturated heterocycles. The number of fused-ring (bicyclic) bond motifs is 2. The molecule has 4 N–H and O–H groups in total. The van der Waals surface area contributed by atoms with E-state index in [4.69, 9.17) is 10.7 Å². The first-order valence-corrected chi connectivity index (χ1v) is 11.8. The molecule has 7 heterocycles. The van der Waals surface area contributed by atoms with Crippen molar-refractivity contribution in [3.63, 3.8) is 0 Å². The number of H-pyrrole nitrogens is 2. The molecule has 6 aromatic heterocycles. The Morgan fingerprint density at radius 2 is 1.91 bits per heavy atom. The second-order valence-electron chi connectivity index (χ2n) is 8.46. The van der Waals surface area contributed by atoms with Crippen molar-refractivity contribution in [3.8, 4) is 33.8 Å². The molecule has 0 bridgehead atoms. The Morgan fingerprint density at radius 3 is 2.76 bits per heavy atom. The number of thiophene rings is 1. The second kappa shape index (κ2) is 7.44. The molecule has 1 aliphatic rings. The van der Waals surface area contributed by atoms with Gasteiger partial charge >= 0.3 is 0 Å². The van der Waals surface area contributed by atoms with Crippen LogP contribution in [0.15, 0.2) is 59.9 Å². The zero-order valence-corrected chi connectivity index (χ0v) is 18.8. The summed E-state index contributed by atoms with van der Waals surface area (Å²) >= 11 is 1.67. The van der Waals surface area contributed by atoms with Crippen LogP contribution in [0.5, 0.6) is 0 Å². The number of aromatic amines is 2. The largest absolute Gasteiger partial charge is 0.352 e. The SMILES string of the molecule is NC1CN(c2cncc(-c3cnc4[nH]nc(-c5cc6c(-c7ccsc7)cncc6[nH]5)c4c3)n2)C1. The summed E-state index contributed by atoms with van der Waals surface area (Å²) in [6.45, 7) is 1.59. The quantitative estimate of drug-likeness (QED) is 0.361. The summed E-state index contributed by atoms with van der Waals surface area (Å²) in [7, 11) is 0. The van der Waals surface area contributed by atoms with E-state index in [-0.39, 0.29) is 6.04 Å². The van der Waals surface area contributed by atoms with E-state index < -0.39 is 0 Å². The monoisotopic (exact) mass is 465 g/mol. The summed E-state index contributed by atoms with van der Waals surface area (Å²) in [5.74, 6) is 0.829. The maximum Gasteiger partial charge on any atom is 0.155 e. The highest BCUT2D eigenvalue weighted by Gasteiger charge is 2.24. The maximum atomic E-state index is 5.93. The highest BCUT2D eigenvalue weighted by atomic mass is 32.1. The van der Waals surface area contributed by atoms with E-state index in [1.54, 1.807) is 29.9 Å². The number of hydrogen-bond acceptors (Lipinski definition) is 8. The lowest BCUT2D eigenvalue weighted by atomic mass is 10.1. The minimum absolute atomic E-state index is 0.198. The summed E-state index contributed by atoms with van der Waals surface area (Å²) < 4.78 is 0. The molecule has 0 saturated carbocycles. The summed E-state index contributed by atoms with van der Waals surface area (Å²) in [5, 5.41) is 13.8. The normalized spacial score (nSPS) is 14.2. The summed E-state index contributed by atoms with van der Waals surface area (Å²) in [4.78, 5) is 23.8. The smallest absolute Gasteiger partial charge is 0.155 e. The van der Waals surface area contributed by atoms with Gasteiger partial charge in [0.25, 0.3) is 0 Å². The van der Waals surface area contributed by atoms with Crippen molar-refractivity contribution in [1.29, 1.82) is 0 Å². The molecule has 1 fully saturated rings. The second-order valence-corrected chi connectivity index (χ2v) is 9.24. The zero-order valence-electron chi connectivity index (χ0n) is 17.9. The number of hydrogen-bond donors (Lipinski definition) is 3. The lowest BCUT2D eigenvalue weighted by molar-refractivity contribution is 0.514. The molecule has 34 heavy (non-hydrogen) atoms. The van der Waals surface area contributed by atoms with Crippen LogP contribution in [0.25, 0.3) is 55.7 Å². The van der Waals surface area contributed by atoms with Gasteiger partial charge in [0.1, 0.15) is 11.5 Å². The predicted molar refractivity (Wildman–Crippen MR) is 134 cm³/mol. The molecule has 166 valence electrons. The van der Waals surface area contributed by atoms with Gasteiger partial charge in [-0.1, -0.05) is 0 Å². The van der Waals surface area contributed by atoms with Gasteiger partial charge in [0.2, 0.25) is 0 Å². The Kier molecular flexibility index (Phi) is 4.23. The topological polar surface area (TPSA) is 125 Å². The van der Waals surface area contributed by atoms with E-state index >= 15 is 0 Å². The van der Waals surface area contributed by atoms with E-state index in [0.717, 1.165) is 69.0 Å². The average Bonchev–Trinajstić information content (AvgIpc) is 3.60. The third-order valence-corrected chi connectivity index (χ3v) is 6.88. The van der Waals surface area contributed by atoms with Crippen LogP contribution in [0.3, 0.4) is 0 Å². The van der Waals surface area contributed by atoms with Crippen LogP contribution in [0.2, 0.25) is 0 Å². The molecule has 0 radical (unpaired) electrons. The minimum atomic E-state index is 0.198. The van der Waals surface area contributed by atoms with Crippen LogP contribution in [0, 0.1) is 0 Å². The third-order valence-electron chi connectivity index (χ3n) is 6.20. The van der Waals surface area contributed by atoms with Gasteiger partial charge in [-0.3, -0.25) is 15.1 Å². The molecule has 10 heteroatoms. The van der Waals surface area contributed by atoms with Gasteiger partial charge in [-0.05, 0) is 34.5 Å². The lowest BCUT2D eigenvalue weighted by Crippen LogP contribution is -2.56. The highest BCUT2D eigenvalue weighted by molar-refractivity contribution is 7.08. The van der Waals surface area contributed by atoms with Crippen molar-refractivity contribution in [3.05, 3.63) is 59.9 Å². The fourth-order valence-corrected chi connectivity index (χ4v) is 5.08. The fourth-order valence-electron chi connectivity index (χ4n) is 4.42. The van der Waals surface area contributed by atoms with Crippen LogP contribution in [0.4, 0.5) is 5.82 Å². The summed E-state index contributed by atoms with van der Waals surface area (Å²) in [6, 6.07) is 6.49. The number of anilines is 1. The van der Waals surface area contributed by atoms with Gasteiger partial charge in [-0.2, -0.15) is 16.4 Å². The fraction of sp³-hybridized carbons (Fsp3) is 0.125. The van der Waals surface area contributed by atoms with E-state index in [0.29, 0.717) is 5.65 Å². The number of nitrogens with zero attached hydrogens (tertiary/aromatic N) is 6. The number of rotatable bonds is 4. The van der Waals surface area contributed by atoms with Gasteiger partial charge in [0.15, 0.2) is 5.65 Å². The molecule has 0 aromatic carbocycles. The predicted octanol–water partition coefficient (Wildman–Crippen LogP) is 3.83. The highest BCUT2D eigenvalue weighted by Crippen LogP contribution is 2.34. The van der Waals surface area contributed by atoms with Crippen LogP contribution in [-0.2, 0) is 0 Å². The Balaban J connectivity index is 1.31. The van der Waals surface area contributed by atoms with Crippen LogP contribution >= 0.6 is 11.3 Å². The van der Waals surface area contributed by atoms with Crippen LogP contribution in [0.1, 0.15) is 0 Å². The van der Waals surface area contributed by atoms with Crippen molar-refractivity contribution in [2.45, 2.75) is 6.04 Å². The zero-order chi connectivity index (χ0) is 22.6. The van der Waals surface area contributed by atoms with Gasteiger partial charge in [-0.15, -0.1) is 0 Å². The van der Waals surface area contributed by atoms with E-state index in [2.05, 4.69) is 64.0 Å². The van der Waals surface area contributed by atoms with Crippen molar-refractivity contribution in [2.24, 2.45) is 5.73 Å². The summed E-state index contributed by atoms with van der Waals surface area (Å²) in [5.41, 5.74) is 13.2. The Morgan fingerprint density at radius 1 is 1.00 bits per heavy atom. The van der Waals surface area contributed by atoms with E-state index in [1.807, 2.05) is 12.4 Å². The van der Waals surface area contributed by atoms with Crippen molar-refractivity contribution in [1.82, 2.24) is 35.1 Å². The minimum Gasteiger partial charge on any atom is -0.352 e. The van der Waals surface area contributed by atoms with Gasteiger partial charge in [-0.25, -0.2) is 9.97 Å². The molecule has 0 amide bonds. The Hall–Kier alpha value is -4.15. The molecule has 9 nitrogen and oxygen atoms in total. The first-order valence-electron chi connectivity index (χ1n) is 10.9. The third kappa shape index (κ3) is 3.07. The maximum absolute atomic E-state index is 5.93. The molecule has 7 rings (SSSR count). The number of nitrogens with one attached hydrogen (secondary N) is 2. The lowest BCUT2D eigenvalue weighted by Gasteiger charge is -2.37. The first-order chi connectivity index (χ1) is 16.7. The molecule has 1 aliphatic heterocycles. The van der Waals surface area contributed by atoms with Gasteiger partial charge in [0, 0.05) is 53.4 Å². The summed E-state index contributed by atoms with van der Waals surface area (Å²) in [6.07, 6.45) is 9.07. The number of aromatic nitrogens is 7. The molecule has 6 aromatic rings. The molecule has 0 unspecified atom stereocenters. The van der Waals surface area contributed by atoms with Crippen LogP contribution in [-0.4, -0.2) is 54.2 Å². The first kappa shape index (κ1) is 19.3. The number of nitrogens with two attached hydrogens (primary N) is 1. The van der Waals surface area contributed by atoms with E-state index in [1.165, 1.54) is 0 Å². The molecule has 0 aliphatic carbocycles. The number of pyridine rings is 2. The van der Waals surface area contributed by atoms with Gasteiger partial charge in [0.05, 0.1) is 35.5 Å². The standard InChI is InChI=1S/C24H19N9S/c25-15-10-33(11-15)22-9-27-7-20(30-22)14-3-17-23(31-32-24(17)28-5-14)19-4-16-18(13-1-2-34-12-13)6-26-8-21(16)29-19/h1-9,12,15,29H,10-11,25H2,(H,28,31,32). The average molecular weight is 466 g/mol. The molecule has 0 spiro atoms. The Bertz CT molecular complexity index is 1640. The van der Waals surface area contributed by atoms with Crippen molar-refractivity contribution in [2.75, 3.05) is 18.0 Å². The Labute approximate surface area is 197 Å². The van der Waals surface area contributed by atoms with E-state index in [9.17, 15) is 0 Å². The molecular formula is C24H19N9S. The van der Waals surface area contributed by atoms with Gasteiger partial charge < -0.3 is 15.6 Å².